The summed E-state index contributed by atoms with van der Waals surface area (Å²) in [4.78, 5) is 56.7. The molecule has 0 spiro atoms. The summed E-state index contributed by atoms with van der Waals surface area (Å²) < 4.78 is 0. The molecule has 0 radical (unpaired) electrons. The first-order valence-corrected chi connectivity index (χ1v) is 15.1. The SMILES string of the molecule is CCN1CCN(c2ccc(C(=O)N3C[C@@H]4C[C@H]3CN4C(=O)[C@H](NC(=O)c3cc4ccccc4[nH]3)C(C)(C)C)nc2)CC1. The van der Waals surface area contributed by atoms with E-state index in [1.54, 1.807) is 0 Å². The van der Waals surface area contributed by atoms with Gasteiger partial charge in [-0.25, -0.2) is 4.98 Å². The summed E-state index contributed by atoms with van der Waals surface area (Å²) in [6.45, 7) is 14.1. The van der Waals surface area contributed by atoms with Gasteiger partial charge < -0.3 is 29.9 Å². The number of para-hydroxylation sites is 1. The smallest absolute Gasteiger partial charge is 0.272 e. The molecule has 3 aromatic rings. The third-order valence-electron chi connectivity index (χ3n) is 9.10. The standard InChI is InChI=1S/C32H41N7O3/c1-5-36-12-14-37(15-13-36)22-10-11-26(33-18-22)30(41)38-19-24-17-23(38)20-39(24)31(42)28(32(2,3)4)35-29(40)27-16-21-8-6-7-9-25(21)34-27/h6-11,16,18,23-24,28,34H,5,12-15,17,19-20H2,1-4H3,(H,35,40)/t23-,24-,28-/m0/s1. The van der Waals surface area contributed by atoms with Crippen molar-refractivity contribution in [1.29, 1.82) is 0 Å². The van der Waals surface area contributed by atoms with E-state index in [1.165, 1.54) is 0 Å². The maximum Gasteiger partial charge on any atom is 0.272 e. The summed E-state index contributed by atoms with van der Waals surface area (Å²) in [6, 6.07) is 12.5. The number of nitrogens with one attached hydrogen (secondary N) is 2. The molecule has 3 saturated heterocycles. The Morgan fingerprint density at radius 1 is 1.00 bits per heavy atom. The Hall–Kier alpha value is -3.92. The highest BCUT2D eigenvalue weighted by Gasteiger charge is 2.50. The lowest BCUT2D eigenvalue weighted by molar-refractivity contribution is -0.138. The van der Waals surface area contributed by atoms with E-state index in [0.717, 1.165) is 55.7 Å². The Balaban J connectivity index is 1.09. The molecule has 3 amide bonds. The molecule has 3 atom stereocenters. The number of likely N-dealkylation sites (N-methyl/N-ethyl adjacent to an activating group) is 1. The zero-order valence-corrected chi connectivity index (χ0v) is 25.0. The number of hydrogen-bond donors (Lipinski definition) is 2. The van der Waals surface area contributed by atoms with Crippen LogP contribution in [0, 0.1) is 5.41 Å². The van der Waals surface area contributed by atoms with Crippen LogP contribution in [0.25, 0.3) is 10.9 Å². The van der Waals surface area contributed by atoms with E-state index >= 15 is 0 Å². The van der Waals surface area contributed by atoms with E-state index in [9.17, 15) is 14.4 Å². The molecule has 10 nitrogen and oxygen atoms in total. The lowest BCUT2D eigenvalue weighted by Gasteiger charge is -2.39. The molecular formula is C32H41N7O3. The molecule has 0 unspecified atom stereocenters. The van der Waals surface area contributed by atoms with Gasteiger partial charge in [0.15, 0.2) is 0 Å². The van der Waals surface area contributed by atoms with Crippen molar-refractivity contribution in [3.05, 3.63) is 60.0 Å². The Labute approximate surface area is 247 Å². The fraction of sp³-hybridized carbons (Fsp3) is 0.500. The Morgan fingerprint density at radius 2 is 1.71 bits per heavy atom. The van der Waals surface area contributed by atoms with Crippen molar-refractivity contribution in [2.45, 2.75) is 52.2 Å². The number of hydrogen-bond acceptors (Lipinski definition) is 6. The molecular weight excluding hydrogens is 530 g/mol. The summed E-state index contributed by atoms with van der Waals surface area (Å²) in [6.07, 6.45) is 2.55. The van der Waals surface area contributed by atoms with Crippen molar-refractivity contribution in [2.75, 3.05) is 50.7 Å². The van der Waals surface area contributed by atoms with Crippen molar-refractivity contribution in [1.82, 2.24) is 30.0 Å². The molecule has 5 heterocycles. The number of carbonyl (C=O) groups is 3. The number of aromatic nitrogens is 2. The highest BCUT2D eigenvalue weighted by molar-refractivity contribution is 6.00. The van der Waals surface area contributed by atoms with Gasteiger partial charge in [-0.1, -0.05) is 45.9 Å². The van der Waals surface area contributed by atoms with Crippen LogP contribution in [0.5, 0.6) is 0 Å². The average Bonchev–Trinajstić information content (AvgIpc) is 3.73. The summed E-state index contributed by atoms with van der Waals surface area (Å²) >= 11 is 0. The number of anilines is 1. The minimum atomic E-state index is -0.701. The molecule has 3 aliphatic heterocycles. The number of amides is 3. The molecule has 2 aromatic heterocycles. The van der Waals surface area contributed by atoms with Crippen LogP contribution < -0.4 is 10.2 Å². The number of fused-ring (bicyclic) bond motifs is 3. The zero-order chi connectivity index (χ0) is 29.6. The van der Waals surface area contributed by atoms with E-state index in [2.05, 4.69) is 32.0 Å². The monoisotopic (exact) mass is 571 g/mol. The van der Waals surface area contributed by atoms with Gasteiger partial charge in [-0.05, 0) is 42.6 Å². The predicted molar refractivity (Wildman–Crippen MR) is 163 cm³/mol. The predicted octanol–water partition coefficient (Wildman–Crippen LogP) is 2.97. The van der Waals surface area contributed by atoms with E-state index in [4.69, 9.17) is 0 Å². The maximum atomic E-state index is 13.9. The van der Waals surface area contributed by atoms with Crippen LogP contribution in [0.15, 0.2) is 48.7 Å². The maximum absolute atomic E-state index is 13.9. The molecule has 2 bridgehead atoms. The second-order valence-corrected chi connectivity index (χ2v) is 12.9. The van der Waals surface area contributed by atoms with Crippen LogP contribution in [0.4, 0.5) is 5.69 Å². The highest BCUT2D eigenvalue weighted by Crippen LogP contribution is 2.34. The van der Waals surface area contributed by atoms with Crippen LogP contribution in [-0.2, 0) is 4.79 Å². The molecule has 3 aliphatic rings. The second kappa shape index (κ2) is 11.1. The summed E-state index contributed by atoms with van der Waals surface area (Å²) in [5.41, 5.74) is 2.30. The first-order valence-electron chi connectivity index (χ1n) is 15.1. The number of benzene rings is 1. The third kappa shape index (κ3) is 5.35. The summed E-state index contributed by atoms with van der Waals surface area (Å²) in [5.74, 6) is -0.490. The van der Waals surface area contributed by atoms with Gasteiger partial charge in [-0.15, -0.1) is 0 Å². The average molecular weight is 572 g/mol. The van der Waals surface area contributed by atoms with Gasteiger partial charge in [0, 0.05) is 50.2 Å². The minimum absolute atomic E-state index is 0.0555. The van der Waals surface area contributed by atoms with E-state index in [-0.39, 0.29) is 29.8 Å². The number of likely N-dealkylation sites (tertiary alicyclic amines) is 2. The molecule has 0 aliphatic carbocycles. The van der Waals surface area contributed by atoms with Crippen LogP contribution in [-0.4, -0.2) is 106 Å². The summed E-state index contributed by atoms with van der Waals surface area (Å²) in [7, 11) is 0. The number of nitrogens with zero attached hydrogens (tertiary/aromatic N) is 5. The largest absolute Gasteiger partial charge is 0.368 e. The Morgan fingerprint density at radius 3 is 2.33 bits per heavy atom. The number of carbonyl (C=O) groups excluding carboxylic acids is 3. The first-order chi connectivity index (χ1) is 20.1. The first kappa shape index (κ1) is 28.2. The number of pyridine rings is 1. The number of H-pyrrole nitrogens is 1. The second-order valence-electron chi connectivity index (χ2n) is 12.9. The fourth-order valence-corrected chi connectivity index (χ4v) is 6.57. The van der Waals surface area contributed by atoms with E-state index in [0.29, 0.717) is 24.5 Å². The van der Waals surface area contributed by atoms with Crippen LogP contribution in [0.3, 0.4) is 0 Å². The van der Waals surface area contributed by atoms with Crippen molar-refractivity contribution < 1.29 is 14.4 Å². The van der Waals surface area contributed by atoms with E-state index in [1.807, 2.05) is 79.2 Å². The normalized spacial score (nSPS) is 21.7. The van der Waals surface area contributed by atoms with Crippen LogP contribution in [0.2, 0.25) is 0 Å². The van der Waals surface area contributed by atoms with Crippen molar-refractivity contribution >= 4 is 34.3 Å². The van der Waals surface area contributed by atoms with Gasteiger partial charge in [0.05, 0.1) is 24.0 Å². The molecule has 6 rings (SSSR count). The lowest BCUT2D eigenvalue weighted by atomic mass is 9.85. The Kier molecular flexibility index (Phi) is 7.43. The van der Waals surface area contributed by atoms with E-state index < -0.39 is 11.5 Å². The van der Waals surface area contributed by atoms with Crippen LogP contribution >= 0.6 is 0 Å². The molecule has 1 aromatic carbocycles. The minimum Gasteiger partial charge on any atom is -0.368 e. The molecule has 3 fully saturated rings. The highest BCUT2D eigenvalue weighted by atomic mass is 16.2. The quantitative estimate of drug-likeness (QED) is 0.472. The van der Waals surface area contributed by atoms with Gasteiger partial charge in [-0.3, -0.25) is 14.4 Å². The number of piperazine rings is 2. The third-order valence-corrected chi connectivity index (χ3v) is 9.10. The lowest BCUT2D eigenvalue weighted by Crippen LogP contribution is -2.59. The van der Waals surface area contributed by atoms with Gasteiger partial charge in [-0.2, -0.15) is 0 Å². The van der Waals surface area contributed by atoms with Crippen LogP contribution in [0.1, 0.15) is 55.1 Å². The van der Waals surface area contributed by atoms with Gasteiger partial charge in [0.1, 0.15) is 17.4 Å². The molecule has 222 valence electrons. The summed E-state index contributed by atoms with van der Waals surface area (Å²) in [5, 5.41) is 3.96. The molecule has 2 N–H and O–H groups in total. The number of aromatic amines is 1. The Bertz CT molecular complexity index is 1440. The molecule has 42 heavy (non-hydrogen) atoms. The van der Waals surface area contributed by atoms with Gasteiger partial charge in [0.25, 0.3) is 11.8 Å². The topological polar surface area (TPSA) is 105 Å². The van der Waals surface area contributed by atoms with Crippen molar-refractivity contribution in [3.8, 4) is 0 Å². The molecule has 0 saturated carbocycles. The van der Waals surface area contributed by atoms with Gasteiger partial charge in [0.2, 0.25) is 5.91 Å². The zero-order valence-electron chi connectivity index (χ0n) is 25.0. The van der Waals surface area contributed by atoms with Crippen molar-refractivity contribution in [2.24, 2.45) is 5.41 Å². The van der Waals surface area contributed by atoms with Gasteiger partial charge >= 0.3 is 0 Å². The number of rotatable bonds is 6. The fourth-order valence-electron chi connectivity index (χ4n) is 6.57. The molecule has 10 heteroatoms. The van der Waals surface area contributed by atoms with Crippen molar-refractivity contribution in [3.63, 3.8) is 0 Å².